The van der Waals surface area contributed by atoms with Gasteiger partial charge in [-0.3, -0.25) is 0 Å². The summed E-state index contributed by atoms with van der Waals surface area (Å²) in [6.07, 6.45) is 5.32. The molecule has 1 nitrogen and oxygen atoms in total. The van der Waals surface area contributed by atoms with E-state index in [1.807, 2.05) is 7.98 Å². The van der Waals surface area contributed by atoms with E-state index < -0.39 is 0 Å². The van der Waals surface area contributed by atoms with E-state index in [1.165, 1.54) is 31.1 Å². The van der Waals surface area contributed by atoms with Gasteiger partial charge in [0.2, 0.25) is 7.41 Å². The van der Waals surface area contributed by atoms with Crippen molar-refractivity contribution < 1.29 is 0 Å². The highest BCUT2D eigenvalue weighted by molar-refractivity contribution is 6.56. The van der Waals surface area contributed by atoms with Crippen molar-refractivity contribution in [2.75, 3.05) is 0 Å². The van der Waals surface area contributed by atoms with Crippen molar-refractivity contribution in [2.45, 2.75) is 25.7 Å². The summed E-state index contributed by atoms with van der Waals surface area (Å²) in [7, 11) is 2.99. The third-order valence-corrected chi connectivity index (χ3v) is 2.79. The summed E-state index contributed by atoms with van der Waals surface area (Å²) in [5.74, 6) is 0. The smallest absolute Gasteiger partial charge is 0.224 e. The van der Waals surface area contributed by atoms with Crippen LogP contribution in [0, 0.1) is 0 Å². The molecule has 0 unspecified atom stereocenters. The first-order valence-electron chi connectivity index (χ1n) is 5.15. The van der Waals surface area contributed by atoms with Crippen LogP contribution in [0.1, 0.15) is 24.0 Å². The second-order valence-corrected chi connectivity index (χ2v) is 3.84. The van der Waals surface area contributed by atoms with Crippen molar-refractivity contribution >= 4 is 20.9 Å². The molecule has 0 bridgehead atoms. The molecule has 0 atom stereocenters. The lowest BCUT2D eigenvalue weighted by molar-refractivity contribution is 0.686. The van der Waals surface area contributed by atoms with Crippen LogP contribution in [0.15, 0.2) is 18.2 Å². The van der Waals surface area contributed by atoms with E-state index in [-0.39, 0.29) is 0 Å². The first kappa shape index (κ1) is 8.89. The van der Waals surface area contributed by atoms with Crippen LogP contribution in [-0.2, 0) is 12.8 Å². The number of aryl methyl sites for hydroxylation is 2. The Labute approximate surface area is 81.6 Å². The topological polar surface area (TPSA) is 12.0 Å². The highest BCUT2D eigenvalue weighted by atomic mass is 14.6. The molecule has 1 aromatic rings. The fraction of sp³-hybridized carbons (Fsp3) is 0.400. The van der Waals surface area contributed by atoms with Crippen LogP contribution >= 0.6 is 0 Å². The summed E-state index contributed by atoms with van der Waals surface area (Å²) < 4.78 is 0. The van der Waals surface area contributed by atoms with Gasteiger partial charge >= 0.3 is 0 Å². The second-order valence-electron chi connectivity index (χ2n) is 3.84. The molecule has 0 aromatic heterocycles. The van der Waals surface area contributed by atoms with Gasteiger partial charge in [0.1, 0.15) is 0 Å². The molecule has 1 N–H and O–H groups in total. The van der Waals surface area contributed by atoms with Gasteiger partial charge in [0, 0.05) is 0 Å². The molecule has 2 rings (SSSR count). The zero-order chi connectivity index (χ0) is 9.10. The SMILES string of the molecule is BNBc1ccc2c(c1)CCCC2. The van der Waals surface area contributed by atoms with Crippen LogP contribution in [-0.4, -0.2) is 15.4 Å². The predicted molar refractivity (Wildman–Crippen MR) is 61.5 cm³/mol. The summed E-state index contributed by atoms with van der Waals surface area (Å²) in [6, 6.07) is 6.92. The van der Waals surface area contributed by atoms with E-state index in [0.717, 1.165) is 7.41 Å². The average Bonchev–Trinajstić information content (AvgIpc) is 2.18. The van der Waals surface area contributed by atoms with E-state index >= 15 is 0 Å². The van der Waals surface area contributed by atoms with Crippen molar-refractivity contribution in [2.24, 2.45) is 0 Å². The molecule has 0 radical (unpaired) electrons. The van der Waals surface area contributed by atoms with Gasteiger partial charge in [0.15, 0.2) is 7.98 Å². The maximum atomic E-state index is 3.19. The molecular weight excluding hydrogens is 156 g/mol. The standard InChI is InChI=1S/C10H15B2N/c11-13-12-10-6-5-8-3-1-2-4-9(8)7-10/h5-7,12-13H,1-4,11H2. The molecule has 0 saturated heterocycles. The van der Waals surface area contributed by atoms with Crippen LogP contribution in [0.2, 0.25) is 0 Å². The number of benzene rings is 1. The minimum Gasteiger partial charge on any atom is -0.403 e. The van der Waals surface area contributed by atoms with Gasteiger partial charge in [0.05, 0.1) is 0 Å². The van der Waals surface area contributed by atoms with Gasteiger partial charge in [-0.2, -0.15) is 0 Å². The van der Waals surface area contributed by atoms with Gasteiger partial charge < -0.3 is 5.14 Å². The Kier molecular flexibility index (Phi) is 2.74. The van der Waals surface area contributed by atoms with Crippen molar-refractivity contribution in [3.8, 4) is 0 Å². The summed E-state index contributed by atoms with van der Waals surface area (Å²) in [5.41, 5.74) is 4.58. The number of nitrogens with one attached hydrogen (secondary N) is 1. The molecule has 1 aromatic carbocycles. The number of fused-ring (bicyclic) bond motifs is 1. The molecule has 0 aliphatic heterocycles. The lowest BCUT2D eigenvalue weighted by atomic mass is 9.78. The molecule has 1 aliphatic carbocycles. The maximum absolute atomic E-state index is 3.19. The van der Waals surface area contributed by atoms with Crippen molar-refractivity contribution in [1.29, 1.82) is 0 Å². The van der Waals surface area contributed by atoms with Gasteiger partial charge in [0.25, 0.3) is 0 Å². The van der Waals surface area contributed by atoms with E-state index in [2.05, 4.69) is 23.3 Å². The Balaban J connectivity index is 2.24. The molecule has 0 saturated carbocycles. The average molecular weight is 171 g/mol. The van der Waals surface area contributed by atoms with Gasteiger partial charge in [-0.05, 0) is 36.8 Å². The number of hydrogen-bond donors (Lipinski definition) is 1. The van der Waals surface area contributed by atoms with Crippen LogP contribution in [0.3, 0.4) is 0 Å². The van der Waals surface area contributed by atoms with Crippen molar-refractivity contribution in [1.82, 2.24) is 5.14 Å². The van der Waals surface area contributed by atoms with Gasteiger partial charge in [-0.15, -0.1) is 0 Å². The molecule has 13 heavy (non-hydrogen) atoms. The fourth-order valence-electron chi connectivity index (χ4n) is 2.10. The normalized spacial score (nSPS) is 15.1. The largest absolute Gasteiger partial charge is 0.403 e. The van der Waals surface area contributed by atoms with Crippen LogP contribution in [0.4, 0.5) is 0 Å². The summed E-state index contributed by atoms with van der Waals surface area (Å²) in [4.78, 5) is 0. The van der Waals surface area contributed by atoms with E-state index in [0.29, 0.717) is 0 Å². The molecule has 0 heterocycles. The minimum absolute atomic E-state index is 0.993. The number of rotatable bonds is 2. The van der Waals surface area contributed by atoms with E-state index in [9.17, 15) is 0 Å². The summed E-state index contributed by atoms with van der Waals surface area (Å²) in [5, 5.41) is 3.19. The van der Waals surface area contributed by atoms with Crippen LogP contribution in [0.5, 0.6) is 0 Å². The Bertz CT molecular complexity index is 299. The van der Waals surface area contributed by atoms with E-state index in [1.54, 1.807) is 11.1 Å². The Morgan fingerprint density at radius 3 is 2.69 bits per heavy atom. The highest BCUT2D eigenvalue weighted by Crippen LogP contribution is 2.19. The molecule has 0 amide bonds. The van der Waals surface area contributed by atoms with Gasteiger partial charge in [-0.25, -0.2) is 0 Å². The van der Waals surface area contributed by atoms with Crippen LogP contribution in [0.25, 0.3) is 0 Å². The predicted octanol–water partition coefficient (Wildman–Crippen LogP) is -0.320. The molecular formula is C10H15B2N. The fourth-order valence-corrected chi connectivity index (χ4v) is 2.10. The zero-order valence-corrected chi connectivity index (χ0v) is 8.27. The summed E-state index contributed by atoms with van der Waals surface area (Å²) in [6.45, 7) is 0. The maximum Gasteiger partial charge on any atom is 0.224 e. The lowest BCUT2D eigenvalue weighted by Crippen LogP contribution is -2.28. The molecule has 1 aliphatic rings. The second kappa shape index (κ2) is 4.01. The van der Waals surface area contributed by atoms with E-state index in [4.69, 9.17) is 0 Å². The van der Waals surface area contributed by atoms with Crippen molar-refractivity contribution in [3.05, 3.63) is 29.3 Å². The zero-order valence-electron chi connectivity index (χ0n) is 8.27. The summed E-state index contributed by atoms with van der Waals surface area (Å²) >= 11 is 0. The first-order valence-corrected chi connectivity index (χ1v) is 5.15. The first-order chi connectivity index (χ1) is 6.40. The lowest BCUT2D eigenvalue weighted by Gasteiger charge is -2.16. The Morgan fingerprint density at radius 1 is 1.15 bits per heavy atom. The molecule has 0 fully saturated rings. The quantitative estimate of drug-likeness (QED) is 0.601. The molecule has 0 spiro atoms. The molecule has 66 valence electrons. The highest BCUT2D eigenvalue weighted by Gasteiger charge is 2.08. The Hall–Kier alpha value is -0.690. The van der Waals surface area contributed by atoms with Gasteiger partial charge in [-0.1, -0.05) is 23.7 Å². The third kappa shape index (κ3) is 1.97. The third-order valence-electron chi connectivity index (χ3n) is 2.79. The minimum atomic E-state index is 0.993. The van der Waals surface area contributed by atoms with Crippen LogP contribution < -0.4 is 10.6 Å². The Morgan fingerprint density at radius 2 is 1.92 bits per heavy atom. The monoisotopic (exact) mass is 171 g/mol. The molecule has 3 heteroatoms. The number of hydrogen-bond acceptors (Lipinski definition) is 1. The van der Waals surface area contributed by atoms with Crippen molar-refractivity contribution in [3.63, 3.8) is 0 Å².